The predicted molar refractivity (Wildman–Crippen MR) is 80.7 cm³/mol. The molecular weight excluding hydrogens is 316 g/mol. The zero-order chi connectivity index (χ0) is 12.4. The van der Waals surface area contributed by atoms with Gasteiger partial charge in [0, 0.05) is 14.8 Å². The second-order valence-corrected chi connectivity index (χ2v) is 6.49. The van der Waals surface area contributed by atoms with Gasteiger partial charge < -0.3 is 0 Å². The monoisotopic (exact) mass is 328 g/mol. The van der Waals surface area contributed by atoms with Gasteiger partial charge in [0.2, 0.25) is 0 Å². The van der Waals surface area contributed by atoms with Crippen LogP contribution in [-0.4, -0.2) is 0 Å². The van der Waals surface area contributed by atoms with Crippen molar-refractivity contribution < 1.29 is 0 Å². The lowest BCUT2D eigenvalue weighted by atomic mass is 10.1. The Morgan fingerprint density at radius 2 is 2.06 bits per heavy atom. The molecule has 3 heteroatoms. The maximum absolute atomic E-state index is 6.35. The molecule has 90 valence electrons. The van der Waals surface area contributed by atoms with Crippen molar-refractivity contribution in [3.05, 3.63) is 56.2 Å². The molecule has 1 heterocycles. The summed E-state index contributed by atoms with van der Waals surface area (Å²) in [6, 6.07) is 10.6. The predicted octanol–water partition coefficient (Wildman–Crippen LogP) is 5.76. The molecule has 2 aromatic rings. The van der Waals surface area contributed by atoms with E-state index in [0.29, 0.717) is 0 Å². The van der Waals surface area contributed by atoms with Gasteiger partial charge in [-0.15, -0.1) is 11.3 Å². The number of hydrogen-bond donors (Lipinski definition) is 0. The summed E-state index contributed by atoms with van der Waals surface area (Å²) in [5, 5.41) is 0.862. The molecule has 0 N–H and O–H groups in total. The van der Waals surface area contributed by atoms with Crippen LogP contribution in [0.15, 0.2) is 30.3 Å². The van der Waals surface area contributed by atoms with Gasteiger partial charge in [-0.1, -0.05) is 52.7 Å². The highest BCUT2D eigenvalue weighted by Crippen LogP contribution is 2.39. The van der Waals surface area contributed by atoms with Crippen molar-refractivity contribution in [2.45, 2.75) is 25.1 Å². The summed E-state index contributed by atoms with van der Waals surface area (Å²) in [5.41, 5.74) is 2.28. The molecule has 17 heavy (non-hydrogen) atoms. The Morgan fingerprint density at radius 3 is 2.71 bits per heavy atom. The fraction of sp³-hybridized carbons (Fsp3) is 0.286. The molecule has 0 nitrogen and oxygen atoms in total. The first-order chi connectivity index (χ1) is 8.13. The first-order valence-corrected chi connectivity index (χ1v) is 7.72. The van der Waals surface area contributed by atoms with E-state index in [1.165, 1.54) is 9.75 Å². The zero-order valence-electron chi connectivity index (χ0n) is 9.84. The second-order valence-electron chi connectivity index (χ2n) is 4.00. The van der Waals surface area contributed by atoms with Gasteiger partial charge in [0.05, 0.1) is 4.83 Å². The van der Waals surface area contributed by atoms with E-state index in [1.54, 1.807) is 0 Å². The van der Waals surface area contributed by atoms with Gasteiger partial charge in [-0.2, -0.15) is 0 Å². The summed E-state index contributed by atoms with van der Waals surface area (Å²) in [6.45, 7) is 4.22. The first-order valence-electron chi connectivity index (χ1n) is 5.61. The van der Waals surface area contributed by atoms with Gasteiger partial charge in [-0.3, -0.25) is 0 Å². The highest BCUT2D eigenvalue weighted by atomic mass is 79.9. The highest BCUT2D eigenvalue weighted by molar-refractivity contribution is 9.09. The van der Waals surface area contributed by atoms with Crippen LogP contribution < -0.4 is 0 Å². The van der Waals surface area contributed by atoms with E-state index < -0.39 is 0 Å². The quantitative estimate of drug-likeness (QED) is 0.628. The number of benzene rings is 1. The third kappa shape index (κ3) is 2.75. The minimum Gasteiger partial charge on any atom is -0.144 e. The minimum absolute atomic E-state index is 0.195. The molecule has 1 unspecified atom stereocenters. The molecule has 0 radical (unpaired) electrons. The topological polar surface area (TPSA) is 0 Å². The van der Waals surface area contributed by atoms with Gasteiger partial charge in [0.25, 0.3) is 0 Å². The van der Waals surface area contributed by atoms with Crippen molar-refractivity contribution in [1.29, 1.82) is 0 Å². The van der Waals surface area contributed by atoms with Crippen LogP contribution in [0.4, 0.5) is 0 Å². The molecule has 0 saturated heterocycles. The Bertz CT molecular complexity index is 519. The molecule has 0 spiro atoms. The number of hydrogen-bond acceptors (Lipinski definition) is 1. The van der Waals surface area contributed by atoms with E-state index in [2.05, 4.69) is 47.1 Å². The van der Waals surface area contributed by atoms with E-state index in [4.69, 9.17) is 11.6 Å². The largest absolute Gasteiger partial charge is 0.144 e. The Kier molecular flexibility index (Phi) is 4.29. The molecule has 1 aromatic carbocycles. The SMILES string of the molecule is CCc1ccc(C(Br)c2cccc(C)c2Cl)s1. The molecule has 0 fully saturated rings. The van der Waals surface area contributed by atoms with Gasteiger partial charge in [-0.05, 0) is 36.6 Å². The normalized spacial score (nSPS) is 12.7. The minimum atomic E-state index is 0.195. The number of alkyl halides is 1. The molecule has 0 aliphatic carbocycles. The standard InChI is InChI=1S/C14H14BrClS/c1-3-10-7-8-12(17-10)13(15)11-6-4-5-9(2)14(11)16/h4-8,13H,3H2,1-2H3. The van der Waals surface area contributed by atoms with E-state index in [1.807, 2.05) is 24.3 Å². The van der Waals surface area contributed by atoms with Crippen molar-refractivity contribution in [3.8, 4) is 0 Å². The molecular formula is C14H14BrClS. The van der Waals surface area contributed by atoms with Gasteiger partial charge in [0.1, 0.15) is 0 Å². The average molecular weight is 330 g/mol. The molecule has 0 amide bonds. The fourth-order valence-corrected chi connectivity index (χ4v) is 3.87. The molecule has 0 aliphatic rings. The van der Waals surface area contributed by atoms with Crippen LogP contribution in [0.1, 0.15) is 32.6 Å². The van der Waals surface area contributed by atoms with Crippen LogP contribution in [0, 0.1) is 6.92 Å². The lowest BCUT2D eigenvalue weighted by molar-refractivity contribution is 1.19. The summed E-state index contributed by atoms with van der Waals surface area (Å²) in [6.07, 6.45) is 1.09. The molecule has 2 rings (SSSR count). The summed E-state index contributed by atoms with van der Waals surface area (Å²) >= 11 is 11.9. The number of halogens is 2. The first kappa shape index (κ1) is 13.1. The molecule has 1 atom stereocenters. The third-order valence-electron chi connectivity index (χ3n) is 2.78. The van der Waals surface area contributed by atoms with Crippen LogP contribution in [0.5, 0.6) is 0 Å². The number of rotatable bonds is 3. The maximum atomic E-state index is 6.35. The van der Waals surface area contributed by atoms with E-state index in [-0.39, 0.29) is 4.83 Å². The number of thiophene rings is 1. The number of aryl methyl sites for hydroxylation is 2. The summed E-state index contributed by atoms with van der Waals surface area (Å²) in [5.74, 6) is 0. The molecule has 0 bridgehead atoms. The van der Waals surface area contributed by atoms with Crippen LogP contribution in [0.25, 0.3) is 0 Å². The zero-order valence-corrected chi connectivity index (χ0v) is 13.0. The lowest BCUT2D eigenvalue weighted by Gasteiger charge is -2.11. The van der Waals surface area contributed by atoms with Crippen molar-refractivity contribution in [2.75, 3.05) is 0 Å². The lowest BCUT2D eigenvalue weighted by Crippen LogP contribution is -1.92. The Hall–Kier alpha value is -0.310. The third-order valence-corrected chi connectivity index (χ3v) is 5.88. The summed E-state index contributed by atoms with van der Waals surface area (Å²) in [7, 11) is 0. The van der Waals surface area contributed by atoms with Crippen LogP contribution in [0.2, 0.25) is 5.02 Å². The van der Waals surface area contributed by atoms with Crippen molar-refractivity contribution >= 4 is 38.9 Å². The maximum Gasteiger partial charge on any atom is 0.0752 e. The molecule has 0 aliphatic heterocycles. The van der Waals surface area contributed by atoms with Crippen LogP contribution >= 0.6 is 38.9 Å². The van der Waals surface area contributed by atoms with Gasteiger partial charge >= 0.3 is 0 Å². The Morgan fingerprint density at radius 1 is 1.29 bits per heavy atom. The van der Waals surface area contributed by atoms with Crippen molar-refractivity contribution in [2.24, 2.45) is 0 Å². The van der Waals surface area contributed by atoms with Gasteiger partial charge in [0.15, 0.2) is 0 Å². The van der Waals surface area contributed by atoms with E-state index in [9.17, 15) is 0 Å². The summed E-state index contributed by atoms with van der Waals surface area (Å²) < 4.78 is 0. The molecule has 0 saturated carbocycles. The second kappa shape index (κ2) is 5.55. The fourth-order valence-electron chi connectivity index (χ4n) is 1.74. The van der Waals surface area contributed by atoms with E-state index >= 15 is 0 Å². The highest BCUT2D eigenvalue weighted by Gasteiger charge is 2.16. The smallest absolute Gasteiger partial charge is 0.0752 e. The van der Waals surface area contributed by atoms with Crippen LogP contribution in [0.3, 0.4) is 0 Å². The van der Waals surface area contributed by atoms with Crippen molar-refractivity contribution in [3.63, 3.8) is 0 Å². The van der Waals surface area contributed by atoms with Crippen molar-refractivity contribution in [1.82, 2.24) is 0 Å². The summed E-state index contributed by atoms with van der Waals surface area (Å²) in [4.78, 5) is 2.92. The average Bonchev–Trinajstić information content (AvgIpc) is 2.80. The van der Waals surface area contributed by atoms with E-state index in [0.717, 1.165) is 22.6 Å². The van der Waals surface area contributed by atoms with Gasteiger partial charge in [-0.25, -0.2) is 0 Å². The Labute approximate surface area is 120 Å². The molecule has 1 aromatic heterocycles. The Balaban J connectivity index is 2.36. The van der Waals surface area contributed by atoms with Crippen LogP contribution in [-0.2, 0) is 6.42 Å².